The fraction of sp³-hybridized carbons (Fsp3) is 0.462. The van der Waals surface area contributed by atoms with Crippen LogP contribution in [-0.4, -0.2) is 23.2 Å². The first-order valence-electron chi connectivity index (χ1n) is 5.67. The van der Waals surface area contributed by atoms with E-state index in [9.17, 15) is 9.90 Å². The molecule has 4 nitrogen and oxygen atoms in total. The Morgan fingerprint density at radius 2 is 1.82 bits per heavy atom. The minimum Gasteiger partial charge on any atom is -0.508 e. The molecule has 17 heavy (non-hydrogen) atoms. The SMILES string of the molecule is CC.CN.Cc1cc(CCC(=O)O)ccc1O. The summed E-state index contributed by atoms with van der Waals surface area (Å²) in [6.07, 6.45) is 0.640. The standard InChI is InChI=1S/C10H12O3.C2H6.CH5N/c1-7-6-8(2-4-9(7)11)3-5-10(12)13;2*1-2/h2,4,6,11H,3,5H2,1H3,(H,12,13);1-2H3;2H2,1H3. The van der Waals surface area contributed by atoms with Crippen molar-refractivity contribution in [2.45, 2.75) is 33.6 Å². The molecule has 0 aliphatic heterocycles. The largest absolute Gasteiger partial charge is 0.508 e. The van der Waals surface area contributed by atoms with E-state index in [-0.39, 0.29) is 12.2 Å². The number of aromatic hydroxyl groups is 1. The van der Waals surface area contributed by atoms with Crippen molar-refractivity contribution in [3.63, 3.8) is 0 Å². The number of carboxylic acid groups (broad SMARTS) is 1. The fourth-order valence-corrected chi connectivity index (χ4v) is 1.12. The van der Waals surface area contributed by atoms with Crippen LogP contribution in [0.1, 0.15) is 31.4 Å². The van der Waals surface area contributed by atoms with Gasteiger partial charge in [0, 0.05) is 6.42 Å². The summed E-state index contributed by atoms with van der Waals surface area (Å²) in [4.78, 5) is 10.3. The number of carbonyl (C=O) groups is 1. The lowest BCUT2D eigenvalue weighted by Crippen LogP contribution is -1.97. The highest BCUT2D eigenvalue weighted by atomic mass is 16.4. The molecule has 4 heteroatoms. The van der Waals surface area contributed by atoms with E-state index >= 15 is 0 Å². The minimum absolute atomic E-state index is 0.129. The molecule has 0 unspecified atom stereocenters. The maximum atomic E-state index is 10.3. The number of phenols is 1. The van der Waals surface area contributed by atoms with Crippen molar-refractivity contribution in [1.29, 1.82) is 0 Å². The molecule has 0 spiro atoms. The van der Waals surface area contributed by atoms with Crippen molar-refractivity contribution in [3.05, 3.63) is 29.3 Å². The second-order valence-electron chi connectivity index (χ2n) is 3.01. The zero-order chi connectivity index (χ0) is 13.8. The van der Waals surface area contributed by atoms with Gasteiger partial charge in [0.1, 0.15) is 5.75 Å². The second-order valence-corrected chi connectivity index (χ2v) is 3.01. The van der Waals surface area contributed by atoms with E-state index in [1.54, 1.807) is 25.1 Å². The normalized spacial score (nSPS) is 8.29. The lowest BCUT2D eigenvalue weighted by Gasteiger charge is -2.02. The number of hydrogen-bond acceptors (Lipinski definition) is 3. The summed E-state index contributed by atoms with van der Waals surface area (Å²) in [5, 5.41) is 17.7. The molecule has 0 aliphatic rings. The van der Waals surface area contributed by atoms with Gasteiger partial charge in [0.05, 0.1) is 0 Å². The van der Waals surface area contributed by atoms with Crippen LogP contribution in [-0.2, 0) is 11.2 Å². The molecular weight excluding hydrogens is 218 g/mol. The Morgan fingerprint density at radius 1 is 1.29 bits per heavy atom. The Labute approximate surface area is 103 Å². The third-order valence-electron chi connectivity index (χ3n) is 1.89. The first-order valence-corrected chi connectivity index (χ1v) is 5.67. The van der Waals surface area contributed by atoms with E-state index in [1.165, 1.54) is 7.05 Å². The molecule has 0 saturated carbocycles. The number of phenolic OH excluding ortho intramolecular Hbond substituents is 1. The van der Waals surface area contributed by atoms with Gasteiger partial charge in [0.2, 0.25) is 0 Å². The summed E-state index contributed by atoms with van der Waals surface area (Å²) in [6, 6.07) is 5.13. The Bertz CT molecular complexity index is 324. The third-order valence-corrected chi connectivity index (χ3v) is 1.89. The molecule has 0 amide bonds. The average molecular weight is 241 g/mol. The van der Waals surface area contributed by atoms with E-state index in [0.29, 0.717) is 6.42 Å². The van der Waals surface area contributed by atoms with Crippen LogP contribution < -0.4 is 5.73 Å². The fourth-order valence-electron chi connectivity index (χ4n) is 1.12. The van der Waals surface area contributed by atoms with Gasteiger partial charge in [-0.15, -0.1) is 0 Å². The van der Waals surface area contributed by atoms with Crippen LogP contribution in [0.3, 0.4) is 0 Å². The molecule has 1 aromatic carbocycles. The van der Waals surface area contributed by atoms with Gasteiger partial charge in [-0.05, 0) is 37.6 Å². The summed E-state index contributed by atoms with van der Waals surface area (Å²) in [7, 11) is 1.50. The van der Waals surface area contributed by atoms with E-state index in [0.717, 1.165) is 11.1 Å². The van der Waals surface area contributed by atoms with Crippen molar-refractivity contribution in [2.24, 2.45) is 5.73 Å². The van der Waals surface area contributed by atoms with Crippen LogP contribution in [0.4, 0.5) is 0 Å². The molecule has 98 valence electrons. The molecule has 0 saturated heterocycles. The summed E-state index contributed by atoms with van der Waals surface area (Å²) >= 11 is 0. The predicted molar refractivity (Wildman–Crippen MR) is 70.3 cm³/mol. The zero-order valence-corrected chi connectivity index (χ0v) is 11.0. The van der Waals surface area contributed by atoms with Crippen molar-refractivity contribution in [2.75, 3.05) is 7.05 Å². The van der Waals surface area contributed by atoms with Crippen LogP contribution in [0, 0.1) is 6.92 Å². The average Bonchev–Trinajstić information content (AvgIpc) is 2.36. The summed E-state index contributed by atoms with van der Waals surface area (Å²) in [5.74, 6) is -0.551. The highest BCUT2D eigenvalue weighted by Gasteiger charge is 2.01. The van der Waals surface area contributed by atoms with Gasteiger partial charge in [-0.1, -0.05) is 26.0 Å². The van der Waals surface area contributed by atoms with Crippen molar-refractivity contribution < 1.29 is 15.0 Å². The molecule has 0 aliphatic carbocycles. The molecule has 0 radical (unpaired) electrons. The minimum atomic E-state index is -0.800. The highest BCUT2D eigenvalue weighted by molar-refractivity contribution is 5.67. The molecule has 0 bridgehead atoms. The maximum absolute atomic E-state index is 10.3. The Balaban J connectivity index is 0. The molecule has 0 fully saturated rings. The van der Waals surface area contributed by atoms with Crippen LogP contribution in [0.5, 0.6) is 5.75 Å². The highest BCUT2D eigenvalue weighted by Crippen LogP contribution is 2.17. The van der Waals surface area contributed by atoms with Gasteiger partial charge in [0.15, 0.2) is 0 Å². The van der Waals surface area contributed by atoms with Crippen molar-refractivity contribution in [1.82, 2.24) is 0 Å². The van der Waals surface area contributed by atoms with Gasteiger partial charge in [0.25, 0.3) is 0 Å². The summed E-state index contributed by atoms with van der Waals surface area (Å²) in [6.45, 7) is 5.79. The van der Waals surface area contributed by atoms with Crippen molar-refractivity contribution in [3.8, 4) is 5.75 Å². The zero-order valence-electron chi connectivity index (χ0n) is 11.0. The molecule has 1 aromatic rings. The number of carboxylic acids is 1. The monoisotopic (exact) mass is 241 g/mol. The number of nitrogens with two attached hydrogens (primary N) is 1. The van der Waals surface area contributed by atoms with Gasteiger partial charge >= 0.3 is 5.97 Å². The lowest BCUT2D eigenvalue weighted by atomic mass is 10.1. The molecule has 0 heterocycles. The Hall–Kier alpha value is -1.55. The number of benzene rings is 1. The quantitative estimate of drug-likeness (QED) is 0.758. The van der Waals surface area contributed by atoms with Crippen LogP contribution in [0.15, 0.2) is 18.2 Å². The van der Waals surface area contributed by atoms with E-state index in [4.69, 9.17) is 5.11 Å². The topological polar surface area (TPSA) is 83.6 Å². The van der Waals surface area contributed by atoms with Gasteiger partial charge in [-0.25, -0.2) is 0 Å². The van der Waals surface area contributed by atoms with E-state index < -0.39 is 5.97 Å². The predicted octanol–water partition coefficient (Wildman–Crippen LogP) is 2.32. The second kappa shape index (κ2) is 11.0. The smallest absolute Gasteiger partial charge is 0.303 e. The van der Waals surface area contributed by atoms with Crippen LogP contribution in [0.2, 0.25) is 0 Å². The Kier molecular flexibility index (Phi) is 11.5. The van der Waals surface area contributed by atoms with Crippen molar-refractivity contribution >= 4 is 5.97 Å². The van der Waals surface area contributed by atoms with Gasteiger partial charge < -0.3 is 15.9 Å². The number of rotatable bonds is 3. The number of hydrogen-bond donors (Lipinski definition) is 3. The molecule has 0 atom stereocenters. The van der Waals surface area contributed by atoms with Gasteiger partial charge in [-0.2, -0.15) is 0 Å². The number of aryl methyl sites for hydroxylation is 2. The maximum Gasteiger partial charge on any atom is 0.303 e. The molecule has 0 aromatic heterocycles. The summed E-state index contributed by atoms with van der Waals surface area (Å²) in [5.41, 5.74) is 6.22. The van der Waals surface area contributed by atoms with Gasteiger partial charge in [-0.3, -0.25) is 4.79 Å². The Morgan fingerprint density at radius 3 is 2.24 bits per heavy atom. The summed E-state index contributed by atoms with van der Waals surface area (Å²) < 4.78 is 0. The first-order chi connectivity index (χ1) is 8.09. The molecule has 1 rings (SSSR count). The third kappa shape index (κ3) is 8.28. The van der Waals surface area contributed by atoms with Crippen LogP contribution >= 0.6 is 0 Å². The molecule has 4 N–H and O–H groups in total. The van der Waals surface area contributed by atoms with E-state index in [2.05, 4.69) is 5.73 Å². The molecular formula is C13H23NO3. The van der Waals surface area contributed by atoms with Crippen LogP contribution in [0.25, 0.3) is 0 Å². The van der Waals surface area contributed by atoms with E-state index in [1.807, 2.05) is 13.8 Å². The lowest BCUT2D eigenvalue weighted by molar-refractivity contribution is -0.136. The number of aliphatic carboxylic acids is 1. The first kappa shape index (κ1) is 17.8.